The molecule has 354 valence electrons. The first-order valence-electron chi connectivity index (χ1n) is 24.3. The summed E-state index contributed by atoms with van der Waals surface area (Å²) < 4.78 is 15.1. The van der Waals surface area contributed by atoms with Crippen LogP contribution in [-0.2, 0) is 20.8 Å². The van der Waals surface area contributed by atoms with Gasteiger partial charge in [-0.05, 0) is 85.9 Å². The van der Waals surface area contributed by atoms with Crippen molar-refractivity contribution in [3.63, 3.8) is 0 Å². The molecule has 0 radical (unpaired) electrons. The van der Waals surface area contributed by atoms with Gasteiger partial charge in [0.05, 0.1) is 29.7 Å². The molecule has 3 saturated heterocycles. The first-order chi connectivity index (χ1) is 32.6. The van der Waals surface area contributed by atoms with E-state index < -0.39 is 17.8 Å². The summed E-state index contributed by atoms with van der Waals surface area (Å²) in [4.78, 5) is 89.8. The van der Waals surface area contributed by atoms with Crippen molar-refractivity contribution in [2.75, 3.05) is 78.5 Å². The Hall–Kier alpha value is -6.00. The van der Waals surface area contributed by atoms with E-state index in [9.17, 15) is 28.8 Å². The van der Waals surface area contributed by atoms with Crippen molar-refractivity contribution in [3.05, 3.63) is 111 Å². The van der Waals surface area contributed by atoms with Crippen molar-refractivity contribution >= 4 is 40.3 Å². The zero-order valence-electron chi connectivity index (χ0n) is 38.2. The fourth-order valence-corrected chi connectivity index (χ4v) is 10.4. The lowest BCUT2D eigenvalue weighted by atomic mass is 9.83. The van der Waals surface area contributed by atoms with Crippen LogP contribution in [0.4, 0.5) is 4.39 Å². The maximum absolute atomic E-state index is 15.1. The van der Waals surface area contributed by atoms with Crippen molar-refractivity contribution in [1.82, 2.24) is 45.3 Å². The second kappa shape index (κ2) is 20.9. The number of halogens is 1. The molecule has 3 aliphatic heterocycles. The molecule has 2 aliphatic carbocycles. The second-order valence-corrected chi connectivity index (χ2v) is 19.1. The van der Waals surface area contributed by atoms with Crippen LogP contribution in [0, 0.1) is 11.7 Å². The molecule has 1 aromatic heterocycles. The molecule has 16 heteroatoms. The van der Waals surface area contributed by atoms with Gasteiger partial charge in [-0.3, -0.25) is 33.7 Å². The van der Waals surface area contributed by atoms with E-state index in [-0.39, 0.29) is 66.2 Å². The summed E-state index contributed by atoms with van der Waals surface area (Å²) in [6, 6.07) is 19.1. The molecule has 5 fully saturated rings. The van der Waals surface area contributed by atoms with Gasteiger partial charge in [0.1, 0.15) is 11.9 Å². The van der Waals surface area contributed by atoms with Gasteiger partial charge in [-0.25, -0.2) is 9.49 Å². The van der Waals surface area contributed by atoms with Crippen molar-refractivity contribution in [1.29, 1.82) is 0 Å². The Morgan fingerprint density at radius 1 is 0.716 bits per heavy atom. The predicted molar refractivity (Wildman–Crippen MR) is 251 cm³/mol. The number of carbonyl (C=O) groups is 5. The molecule has 1 unspecified atom stereocenters. The van der Waals surface area contributed by atoms with Crippen molar-refractivity contribution in [2.45, 2.75) is 82.2 Å². The van der Waals surface area contributed by atoms with Gasteiger partial charge in [0, 0.05) is 94.8 Å². The highest BCUT2D eigenvalue weighted by Gasteiger charge is 2.36. The van der Waals surface area contributed by atoms with Gasteiger partial charge in [0.15, 0.2) is 0 Å². The van der Waals surface area contributed by atoms with Crippen molar-refractivity contribution in [2.24, 2.45) is 5.92 Å². The van der Waals surface area contributed by atoms with Gasteiger partial charge in [-0.15, -0.1) is 0 Å². The van der Waals surface area contributed by atoms with Crippen LogP contribution in [0.1, 0.15) is 101 Å². The van der Waals surface area contributed by atoms with Gasteiger partial charge in [0.25, 0.3) is 17.4 Å². The van der Waals surface area contributed by atoms with Gasteiger partial charge < -0.3 is 30.2 Å². The van der Waals surface area contributed by atoms with Gasteiger partial charge in [-0.1, -0.05) is 55.7 Å². The Morgan fingerprint density at radius 3 is 2.21 bits per heavy atom. The summed E-state index contributed by atoms with van der Waals surface area (Å²) in [7, 11) is 0. The van der Waals surface area contributed by atoms with Crippen LogP contribution in [0.3, 0.4) is 0 Å². The number of likely N-dealkylation sites (tertiary alicyclic amines) is 1. The molecule has 4 heterocycles. The molecule has 2 saturated carbocycles. The van der Waals surface area contributed by atoms with Crippen molar-refractivity contribution in [3.8, 4) is 0 Å². The average molecular weight is 916 g/mol. The minimum Gasteiger partial charge on any atom is -0.341 e. The summed E-state index contributed by atoms with van der Waals surface area (Å²) in [5, 5.41) is 14.5. The number of fused-ring (bicyclic) bond motifs is 1. The number of carbonyl (C=O) groups excluding carboxylic acids is 5. The third kappa shape index (κ3) is 11.1. The van der Waals surface area contributed by atoms with Crippen LogP contribution >= 0.6 is 0 Å². The normalized spacial score (nSPS) is 20.2. The standard InChI is InChI=1S/C51H62FN9O6/c52-43-18-15-34(29-44-40-13-4-5-14-41(40)49(65)56-55-44)28-42(43)50(66)59-26-24-58(25-27-59)46(63)33-57-20-22-60(23-21-57)51(67)47(35-8-2-1-3-9-35)54-48(64)37-11-6-10-36(30-37)38-12-7-19-61(32-38)45(62)31-53-39-16-17-39/h4-6,10-11,13-15,18,28,30,35,38-39,47,53H,1-3,7-9,12,16-17,19-27,29,31-33H2,(H,54,64)(H,56,65)/t38?,47-/m1/s1. The first kappa shape index (κ1) is 46.1. The van der Waals surface area contributed by atoms with E-state index >= 15 is 4.39 Å². The maximum Gasteiger partial charge on any atom is 0.272 e. The molecule has 67 heavy (non-hydrogen) atoms. The Morgan fingerprint density at radius 2 is 1.45 bits per heavy atom. The molecule has 2 atom stereocenters. The van der Waals surface area contributed by atoms with Crippen LogP contribution < -0.4 is 16.2 Å². The molecule has 3 aromatic carbocycles. The number of piperidine rings is 1. The number of hydrogen-bond acceptors (Lipinski definition) is 9. The summed E-state index contributed by atoms with van der Waals surface area (Å²) in [5.41, 5.74) is 2.50. The van der Waals surface area contributed by atoms with E-state index in [1.54, 1.807) is 34.1 Å². The maximum atomic E-state index is 15.1. The predicted octanol–water partition coefficient (Wildman–Crippen LogP) is 3.92. The molecular formula is C51H62FN9O6. The lowest BCUT2D eigenvalue weighted by molar-refractivity contribution is -0.138. The number of aromatic amines is 1. The summed E-state index contributed by atoms with van der Waals surface area (Å²) in [5.74, 6) is -1.16. The number of aromatic nitrogens is 2. The topological polar surface area (TPSA) is 171 Å². The highest BCUT2D eigenvalue weighted by atomic mass is 19.1. The third-order valence-electron chi connectivity index (χ3n) is 14.6. The Labute approximate surface area is 390 Å². The van der Waals surface area contributed by atoms with Crippen LogP contribution in [0.2, 0.25) is 0 Å². The van der Waals surface area contributed by atoms with E-state index in [0.29, 0.717) is 92.4 Å². The molecule has 0 bridgehead atoms. The van der Waals surface area contributed by atoms with Crippen LogP contribution in [-0.4, -0.2) is 155 Å². The molecule has 5 amide bonds. The fraction of sp³-hybridized carbons (Fsp3) is 0.510. The fourth-order valence-electron chi connectivity index (χ4n) is 10.4. The highest BCUT2D eigenvalue weighted by molar-refractivity contribution is 5.98. The van der Waals surface area contributed by atoms with Gasteiger partial charge >= 0.3 is 0 Å². The number of hydrogen-bond donors (Lipinski definition) is 3. The minimum atomic E-state index is -0.644. The number of H-pyrrole nitrogens is 1. The zero-order chi connectivity index (χ0) is 46.4. The molecule has 0 spiro atoms. The third-order valence-corrected chi connectivity index (χ3v) is 14.6. The van der Waals surface area contributed by atoms with E-state index in [2.05, 4.69) is 20.8 Å². The molecule has 9 rings (SSSR count). The van der Waals surface area contributed by atoms with E-state index in [1.807, 2.05) is 45.0 Å². The monoisotopic (exact) mass is 915 g/mol. The second-order valence-electron chi connectivity index (χ2n) is 19.1. The molecule has 15 nitrogen and oxygen atoms in total. The van der Waals surface area contributed by atoms with Gasteiger partial charge in [0.2, 0.25) is 17.7 Å². The number of amides is 5. The van der Waals surface area contributed by atoms with Crippen LogP contribution in [0.15, 0.2) is 71.5 Å². The smallest absolute Gasteiger partial charge is 0.272 e. The number of nitrogens with one attached hydrogen (secondary N) is 3. The van der Waals surface area contributed by atoms with E-state index in [1.165, 1.54) is 12.1 Å². The van der Waals surface area contributed by atoms with Gasteiger partial charge in [-0.2, -0.15) is 5.10 Å². The van der Waals surface area contributed by atoms with Crippen LogP contribution in [0.5, 0.6) is 0 Å². The van der Waals surface area contributed by atoms with Crippen LogP contribution in [0.25, 0.3) is 10.8 Å². The number of rotatable bonds is 13. The van der Waals surface area contributed by atoms with E-state index in [0.717, 1.165) is 69.9 Å². The molecule has 3 N–H and O–H groups in total. The number of benzene rings is 3. The lowest BCUT2D eigenvalue weighted by Crippen LogP contribution is -2.58. The zero-order valence-corrected chi connectivity index (χ0v) is 38.2. The molecule has 5 aliphatic rings. The Bertz CT molecular complexity index is 2530. The highest BCUT2D eigenvalue weighted by Crippen LogP contribution is 2.30. The van der Waals surface area contributed by atoms with E-state index in [4.69, 9.17) is 0 Å². The SMILES string of the molecule is O=C(N[C@@H](C(=O)N1CCN(CC(=O)N2CCN(C(=O)c3cc(Cc4n[nH]c(=O)c5ccccc45)ccc3F)CC2)CC1)C1CCCCC1)c1cccc(C2CCCN(C(=O)CNC3CC3)C2)c1. The largest absolute Gasteiger partial charge is 0.341 e. The molecular weight excluding hydrogens is 854 g/mol. The minimum absolute atomic E-state index is 0.0430. The lowest BCUT2D eigenvalue weighted by Gasteiger charge is -2.40. The Kier molecular flexibility index (Phi) is 14.4. The molecule has 4 aromatic rings. The summed E-state index contributed by atoms with van der Waals surface area (Å²) in [6.45, 7) is 5.01. The summed E-state index contributed by atoms with van der Waals surface area (Å²) >= 11 is 0. The Balaban J connectivity index is 0.757. The number of nitrogens with zero attached hydrogens (tertiary/aromatic N) is 6. The first-order valence-corrected chi connectivity index (χ1v) is 24.3. The average Bonchev–Trinajstić information content (AvgIpc) is 4.21. The quantitative estimate of drug-likeness (QED) is 0.180. The van der Waals surface area contributed by atoms with Crippen molar-refractivity contribution < 1.29 is 28.4 Å². The number of piperazine rings is 2. The summed E-state index contributed by atoms with van der Waals surface area (Å²) in [6.07, 6.45) is 9.32.